The summed E-state index contributed by atoms with van der Waals surface area (Å²) in [6, 6.07) is 8.73. The number of aromatic hydroxyl groups is 1. The van der Waals surface area contributed by atoms with Crippen LogP contribution in [0.25, 0.3) is 0 Å². The number of rotatable bonds is 8. The number of nitrogens with one attached hydrogen (secondary N) is 2. The number of fused-ring (bicyclic) bond motifs is 1. The van der Waals surface area contributed by atoms with Crippen LogP contribution in [0.15, 0.2) is 36.4 Å². The topological polar surface area (TPSA) is 205 Å². The molecule has 3 atom stereocenters. The number of hydrogen-bond acceptors (Lipinski definition) is 7. The first-order chi connectivity index (χ1) is 20.2. The minimum Gasteiger partial charge on any atom is -0.508 e. The van der Waals surface area contributed by atoms with Gasteiger partial charge in [-0.1, -0.05) is 24.3 Å². The van der Waals surface area contributed by atoms with Gasteiger partial charge in [-0.2, -0.15) is 13.2 Å². The molecule has 44 heavy (non-hydrogen) atoms. The third-order valence-electron chi connectivity index (χ3n) is 6.96. The van der Waals surface area contributed by atoms with Crippen molar-refractivity contribution in [2.75, 3.05) is 6.54 Å². The number of amides is 4. The lowest BCUT2D eigenvalue weighted by Crippen LogP contribution is -2.62. The van der Waals surface area contributed by atoms with Crippen LogP contribution in [0.5, 0.6) is 5.75 Å². The van der Waals surface area contributed by atoms with Gasteiger partial charge < -0.3 is 37.2 Å². The summed E-state index contributed by atoms with van der Waals surface area (Å²) in [4.78, 5) is 61.2. The van der Waals surface area contributed by atoms with Gasteiger partial charge in [0.2, 0.25) is 23.6 Å². The molecule has 240 valence electrons. The average Bonchev–Trinajstić information content (AvgIpc) is 2.99. The zero-order valence-corrected chi connectivity index (χ0v) is 24.6. The van der Waals surface area contributed by atoms with Gasteiger partial charge in [0.15, 0.2) is 0 Å². The van der Waals surface area contributed by atoms with Crippen LogP contribution >= 0.6 is 0 Å². The van der Waals surface area contributed by atoms with Crippen LogP contribution in [-0.2, 0) is 43.4 Å². The van der Waals surface area contributed by atoms with Gasteiger partial charge in [0.05, 0.1) is 12.6 Å². The summed E-state index contributed by atoms with van der Waals surface area (Å²) in [6.07, 6.45) is -4.64. The number of nitrogens with two attached hydrogens (primary N) is 2. The summed E-state index contributed by atoms with van der Waals surface area (Å²) in [6.45, 7) is 6.67. The predicted octanol–water partition coefficient (Wildman–Crippen LogP) is 0.962. The summed E-state index contributed by atoms with van der Waals surface area (Å²) in [5.41, 5.74) is 14.3. The van der Waals surface area contributed by atoms with Crippen LogP contribution in [0, 0.1) is 13.8 Å². The van der Waals surface area contributed by atoms with E-state index in [2.05, 4.69) is 10.6 Å². The molecule has 2 aromatic rings. The van der Waals surface area contributed by atoms with Crippen molar-refractivity contribution in [1.29, 1.82) is 0 Å². The van der Waals surface area contributed by atoms with E-state index in [-0.39, 0.29) is 31.7 Å². The molecular formula is C29H36F3N5O7. The summed E-state index contributed by atoms with van der Waals surface area (Å²) >= 11 is 0. The average molecular weight is 624 g/mol. The molecule has 8 N–H and O–H groups in total. The van der Waals surface area contributed by atoms with Crippen molar-refractivity contribution in [3.05, 3.63) is 64.2 Å². The number of alkyl halides is 3. The molecule has 0 radical (unpaired) electrons. The summed E-state index contributed by atoms with van der Waals surface area (Å²) in [5, 5.41) is 22.3. The van der Waals surface area contributed by atoms with E-state index in [0.29, 0.717) is 0 Å². The summed E-state index contributed by atoms with van der Waals surface area (Å²) in [5.74, 6) is -4.80. The Labute approximate surface area is 251 Å². The van der Waals surface area contributed by atoms with Gasteiger partial charge in [0.25, 0.3) is 0 Å². The summed E-state index contributed by atoms with van der Waals surface area (Å²) in [7, 11) is 0. The molecule has 15 heteroatoms. The molecule has 0 unspecified atom stereocenters. The molecule has 0 saturated carbocycles. The minimum absolute atomic E-state index is 0.139. The van der Waals surface area contributed by atoms with Gasteiger partial charge >= 0.3 is 12.1 Å². The van der Waals surface area contributed by atoms with Crippen LogP contribution in [-0.4, -0.2) is 75.1 Å². The molecule has 1 aliphatic rings. The number of halogens is 3. The lowest BCUT2D eigenvalue weighted by molar-refractivity contribution is -0.192. The maximum Gasteiger partial charge on any atom is 0.490 e. The molecule has 0 aliphatic carbocycles. The Bertz CT molecular complexity index is 1410. The van der Waals surface area contributed by atoms with E-state index in [1.165, 1.54) is 11.8 Å². The van der Waals surface area contributed by atoms with Crippen molar-refractivity contribution in [1.82, 2.24) is 15.5 Å². The predicted molar refractivity (Wildman–Crippen MR) is 152 cm³/mol. The Balaban J connectivity index is 0.000000860. The lowest BCUT2D eigenvalue weighted by Gasteiger charge is -2.33. The first-order valence-electron chi connectivity index (χ1n) is 13.4. The highest BCUT2D eigenvalue weighted by Gasteiger charge is 2.42. The van der Waals surface area contributed by atoms with Crippen LogP contribution in [0.1, 0.15) is 41.7 Å². The van der Waals surface area contributed by atoms with Crippen LogP contribution < -0.4 is 22.1 Å². The maximum atomic E-state index is 13.4. The fourth-order valence-electron chi connectivity index (χ4n) is 4.75. The Kier molecular flexibility index (Phi) is 11.5. The second-order valence-corrected chi connectivity index (χ2v) is 10.8. The number of carboxylic acid groups (broad SMARTS) is 1. The molecule has 2 aromatic carbocycles. The van der Waals surface area contributed by atoms with E-state index in [4.69, 9.17) is 21.4 Å². The molecule has 3 rings (SSSR count). The first kappa shape index (κ1) is 35.5. The number of carboxylic acids is 1. The van der Waals surface area contributed by atoms with Crippen molar-refractivity contribution in [3.8, 4) is 5.75 Å². The standard InChI is InChI=1S/C27H35N5O5.C2HF3O2/c1-15-9-20(33)10-16(2)21(15)11-22(28)25(36)30-17(3)24(35)31-27(4)12-18-7-5-6-8-19(18)13-32(26(27)37)14-23(29)34;3-2(4,5)1(6)7/h5-10,17,22,33H,11-14,28H2,1-4H3,(H2,29,34)(H,30,36)(H,31,35);(H,6,7)/t17-,22+,27-;/m1./s1. The monoisotopic (exact) mass is 623 g/mol. The highest BCUT2D eigenvalue weighted by molar-refractivity contribution is 5.96. The smallest absolute Gasteiger partial charge is 0.490 e. The SMILES string of the molecule is Cc1cc(O)cc(C)c1C[C@H](N)C(=O)N[C@H](C)C(=O)N[C@]1(C)Cc2ccccc2CN(CC(N)=O)C1=O.O=C(O)C(F)(F)F. The fourth-order valence-corrected chi connectivity index (χ4v) is 4.75. The van der Waals surface area contributed by atoms with Gasteiger partial charge in [-0.15, -0.1) is 0 Å². The first-order valence-corrected chi connectivity index (χ1v) is 13.4. The number of benzene rings is 2. The molecule has 12 nitrogen and oxygen atoms in total. The zero-order chi connectivity index (χ0) is 33.6. The molecule has 4 amide bonds. The van der Waals surface area contributed by atoms with Crippen molar-refractivity contribution in [2.24, 2.45) is 11.5 Å². The van der Waals surface area contributed by atoms with Gasteiger partial charge in [-0.25, -0.2) is 4.79 Å². The molecule has 0 spiro atoms. The van der Waals surface area contributed by atoms with Crippen LogP contribution in [0.2, 0.25) is 0 Å². The molecule has 1 heterocycles. The van der Waals surface area contributed by atoms with E-state index in [1.807, 2.05) is 38.1 Å². The number of carbonyl (C=O) groups is 5. The van der Waals surface area contributed by atoms with Crippen LogP contribution in [0.4, 0.5) is 13.2 Å². The summed E-state index contributed by atoms with van der Waals surface area (Å²) < 4.78 is 31.7. The van der Waals surface area contributed by atoms with Gasteiger partial charge in [0, 0.05) is 13.0 Å². The minimum atomic E-state index is -5.08. The zero-order valence-electron chi connectivity index (χ0n) is 24.6. The molecule has 0 saturated heterocycles. The number of phenolic OH excluding ortho intramolecular Hbond substituents is 1. The maximum absolute atomic E-state index is 13.4. The fraction of sp³-hybridized carbons (Fsp3) is 0.414. The Morgan fingerprint density at radius 2 is 1.59 bits per heavy atom. The molecular weight excluding hydrogens is 587 g/mol. The Morgan fingerprint density at radius 1 is 1.07 bits per heavy atom. The highest BCUT2D eigenvalue weighted by Crippen LogP contribution is 2.26. The van der Waals surface area contributed by atoms with E-state index >= 15 is 0 Å². The highest BCUT2D eigenvalue weighted by atomic mass is 19.4. The molecule has 0 fully saturated rings. The van der Waals surface area contributed by atoms with E-state index in [0.717, 1.165) is 27.8 Å². The van der Waals surface area contributed by atoms with Gasteiger partial charge in [0.1, 0.15) is 17.3 Å². The number of aliphatic carboxylic acids is 1. The van der Waals surface area contributed by atoms with Gasteiger partial charge in [-0.05, 0) is 74.1 Å². The Morgan fingerprint density at radius 3 is 2.09 bits per heavy atom. The number of hydrogen-bond donors (Lipinski definition) is 6. The molecule has 1 aliphatic heterocycles. The number of nitrogens with zero attached hydrogens (tertiary/aromatic N) is 1. The van der Waals surface area contributed by atoms with Crippen LogP contribution in [0.3, 0.4) is 0 Å². The molecule has 0 bridgehead atoms. The second-order valence-electron chi connectivity index (χ2n) is 10.8. The number of carbonyl (C=O) groups excluding carboxylic acids is 4. The van der Waals surface area contributed by atoms with Gasteiger partial charge in [-0.3, -0.25) is 19.2 Å². The molecule has 0 aromatic heterocycles. The lowest BCUT2D eigenvalue weighted by atomic mass is 9.90. The van der Waals surface area contributed by atoms with Crippen molar-refractivity contribution >= 4 is 29.6 Å². The number of primary amides is 1. The van der Waals surface area contributed by atoms with Crippen molar-refractivity contribution in [3.63, 3.8) is 0 Å². The third-order valence-corrected chi connectivity index (χ3v) is 6.96. The second kappa shape index (κ2) is 14.2. The van der Waals surface area contributed by atoms with E-state index in [9.17, 15) is 37.5 Å². The van der Waals surface area contributed by atoms with E-state index in [1.54, 1.807) is 19.1 Å². The van der Waals surface area contributed by atoms with Crippen molar-refractivity contribution < 1.29 is 47.4 Å². The Hall–Kier alpha value is -4.66. The third kappa shape index (κ3) is 9.42. The van der Waals surface area contributed by atoms with Crippen molar-refractivity contribution in [2.45, 2.75) is 70.9 Å². The normalized spacial score (nSPS) is 17.6. The largest absolute Gasteiger partial charge is 0.508 e. The number of aryl methyl sites for hydroxylation is 2. The number of phenols is 1. The quantitative estimate of drug-likeness (QED) is 0.249. The van der Waals surface area contributed by atoms with E-state index < -0.39 is 53.4 Å².